The van der Waals surface area contributed by atoms with Crippen LogP contribution in [0.1, 0.15) is 23.2 Å². The lowest BCUT2D eigenvalue weighted by atomic mass is 10.1. The topological polar surface area (TPSA) is 94.2 Å². The molecule has 4 aromatic rings. The molecule has 8 heteroatoms. The van der Waals surface area contributed by atoms with Crippen LogP contribution in [0.2, 0.25) is 0 Å². The number of nitrogens with one attached hydrogen (secondary N) is 1. The molecule has 5 rings (SSSR count). The highest BCUT2D eigenvalue weighted by Crippen LogP contribution is 2.32. The number of carbonyl (C=O) groups excluding carboxylic acids is 1. The Kier molecular flexibility index (Phi) is 5.70. The number of aromatic hydroxyl groups is 1. The van der Waals surface area contributed by atoms with Crippen molar-refractivity contribution in [2.24, 2.45) is 0 Å². The number of aromatic nitrogens is 2. The van der Waals surface area contributed by atoms with Crippen LogP contribution in [-0.2, 0) is 17.9 Å². The van der Waals surface area contributed by atoms with Gasteiger partial charge in [-0.2, -0.15) is 5.26 Å². The molecule has 1 aliphatic heterocycles. The number of amides is 1. The summed E-state index contributed by atoms with van der Waals surface area (Å²) in [5.74, 6) is -0.397. The van der Waals surface area contributed by atoms with Crippen molar-refractivity contribution in [3.8, 4) is 11.8 Å². The van der Waals surface area contributed by atoms with Crippen LogP contribution >= 0.6 is 0 Å². The van der Waals surface area contributed by atoms with Crippen LogP contribution in [0.25, 0.3) is 10.8 Å². The summed E-state index contributed by atoms with van der Waals surface area (Å²) in [5.41, 5.74) is 2.39. The van der Waals surface area contributed by atoms with E-state index in [0.717, 1.165) is 27.7 Å². The van der Waals surface area contributed by atoms with E-state index in [4.69, 9.17) is 5.26 Å². The number of rotatable bonds is 6. The lowest BCUT2D eigenvalue weighted by Crippen LogP contribution is -2.38. The van der Waals surface area contributed by atoms with Crippen LogP contribution < -0.4 is 10.2 Å². The summed E-state index contributed by atoms with van der Waals surface area (Å²) in [6.45, 7) is 1.41. The molecule has 1 aliphatic rings. The van der Waals surface area contributed by atoms with Gasteiger partial charge in [-0.05, 0) is 47.7 Å². The minimum absolute atomic E-state index is 0.0157. The minimum Gasteiger partial charge on any atom is -0.508 e. The van der Waals surface area contributed by atoms with Crippen LogP contribution in [0.15, 0.2) is 67.1 Å². The smallest absolute Gasteiger partial charge is 0.244 e. The predicted octanol–water partition coefficient (Wildman–Crippen LogP) is 3.70. The molecule has 0 aliphatic carbocycles. The van der Waals surface area contributed by atoms with Gasteiger partial charge in [0, 0.05) is 31.2 Å². The van der Waals surface area contributed by atoms with Gasteiger partial charge in [0.05, 0.1) is 29.3 Å². The zero-order valence-corrected chi connectivity index (χ0v) is 18.3. The number of benzene rings is 3. The number of phenols is 1. The van der Waals surface area contributed by atoms with Crippen molar-refractivity contribution in [2.75, 3.05) is 11.4 Å². The molecule has 170 valence electrons. The number of anilines is 1. The van der Waals surface area contributed by atoms with Gasteiger partial charge in [0.2, 0.25) is 5.91 Å². The van der Waals surface area contributed by atoms with Crippen molar-refractivity contribution >= 4 is 22.4 Å². The Morgan fingerprint density at radius 3 is 2.91 bits per heavy atom. The molecule has 2 N–H and O–H groups in total. The first-order valence-corrected chi connectivity index (χ1v) is 11.0. The standard InChI is InChI=1S/C26H22FN5O2/c27-23-10-17(4-5-19(23)12-28)15-31-16-29-13-20(31)14-30-24-8-9-32(26(24)34)25-3-1-2-18-6-7-21(33)11-22(18)25/h1-7,10-11,13,16,24,30,33H,8-9,14-15H2/t24-/m1/s1. The summed E-state index contributed by atoms with van der Waals surface area (Å²) in [6.07, 6.45) is 4.04. The van der Waals surface area contributed by atoms with Gasteiger partial charge in [0.25, 0.3) is 0 Å². The molecular formula is C26H22FN5O2. The third kappa shape index (κ3) is 4.09. The largest absolute Gasteiger partial charge is 0.508 e. The summed E-state index contributed by atoms with van der Waals surface area (Å²) < 4.78 is 15.8. The van der Waals surface area contributed by atoms with E-state index in [2.05, 4.69) is 10.3 Å². The van der Waals surface area contributed by atoms with Gasteiger partial charge in [-0.1, -0.05) is 24.3 Å². The van der Waals surface area contributed by atoms with Crippen LogP contribution in [0.5, 0.6) is 5.75 Å². The fourth-order valence-corrected chi connectivity index (χ4v) is 4.40. The summed E-state index contributed by atoms with van der Waals surface area (Å²) in [5, 5.41) is 24.0. The van der Waals surface area contributed by atoms with Crippen molar-refractivity contribution < 1.29 is 14.3 Å². The van der Waals surface area contributed by atoms with E-state index in [1.165, 1.54) is 12.1 Å². The molecule has 34 heavy (non-hydrogen) atoms. The molecule has 0 bridgehead atoms. The normalized spacial score (nSPS) is 15.7. The van der Waals surface area contributed by atoms with Gasteiger partial charge in [-0.3, -0.25) is 4.79 Å². The van der Waals surface area contributed by atoms with Gasteiger partial charge in [0.15, 0.2) is 0 Å². The number of phenolic OH excluding ortho intramolecular Hbond substituents is 1. The number of hydrogen-bond acceptors (Lipinski definition) is 5. The number of halogens is 1. The predicted molar refractivity (Wildman–Crippen MR) is 126 cm³/mol. The van der Waals surface area contributed by atoms with Gasteiger partial charge in [-0.25, -0.2) is 9.37 Å². The molecule has 1 aromatic heterocycles. The van der Waals surface area contributed by atoms with Crippen molar-refractivity contribution in [2.45, 2.75) is 25.6 Å². The Bertz CT molecular complexity index is 1420. The first kappa shape index (κ1) is 21.6. The Hall–Kier alpha value is -4.22. The van der Waals surface area contributed by atoms with Crippen molar-refractivity contribution in [3.63, 3.8) is 0 Å². The molecule has 3 aromatic carbocycles. The minimum atomic E-state index is -0.543. The molecule has 7 nitrogen and oxygen atoms in total. The highest BCUT2D eigenvalue weighted by atomic mass is 19.1. The van der Waals surface area contributed by atoms with E-state index >= 15 is 0 Å². The fraction of sp³-hybridized carbons (Fsp3) is 0.192. The Morgan fingerprint density at radius 1 is 1.21 bits per heavy atom. The highest BCUT2D eigenvalue weighted by molar-refractivity contribution is 6.07. The van der Waals surface area contributed by atoms with Gasteiger partial charge >= 0.3 is 0 Å². The van der Waals surface area contributed by atoms with E-state index in [1.54, 1.807) is 35.6 Å². The van der Waals surface area contributed by atoms with E-state index in [-0.39, 0.29) is 23.3 Å². The average Bonchev–Trinajstić information content (AvgIpc) is 3.43. The zero-order chi connectivity index (χ0) is 23.7. The summed E-state index contributed by atoms with van der Waals surface area (Å²) >= 11 is 0. The van der Waals surface area contributed by atoms with Gasteiger partial charge < -0.3 is 19.9 Å². The van der Waals surface area contributed by atoms with E-state index in [0.29, 0.717) is 26.1 Å². The quantitative estimate of drug-likeness (QED) is 0.462. The highest BCUT2D eigenvalue weighted by Gasteiger charge is 2.33. The number of hydrogen-bond donors (Lipinski definition) is 2. The molecule has 0 spiro atoms. The first-order valence-electron chi connectivity index (χ1n) is 11.0. The Balaban J connectivity index is 1.28. The molecule has 2 heterocycles. The molecule has 0 unspecified atom stereocenters. The zero-order valence-electron chi connectivity index (χ0n) is 18.3. The van der Waals surface area contributed by atoms with E-state index < -0.39 is 5.82 Å². The second-order valence-electron chi connectivity index (χ2n) is 8.33. The molecule has 1 saturated heterocycles. The maximum atomic E-state index is 14.0. The molecule has 1 atom stereocenters. The third-order valence-electron chi connectivity index (χ3n) is 6.17. The van der Waals surface area contributed by atoms with Crippen molar-refractivity contribution in [1.29, 1.82) is 5.26 Å². The molecule has 0 saturated carbocycles. The lowest BCUT2D eigenvalue weighted by molar-refractivity contribution is -0.118. The average molecular weight is 455 g/mol. The maximum absolute atomic E-state index is 14.0. The van der Waals surface area contributed by atoms with Crippen LogP contribution in [-0.4, -0.2) is 33.2 Å². The number of nitriles is 1. The molecule has 1 fully saturated rings. The summed E-state index contributed by atoms with van der Waals surface area (Å²) in [4.78, 5) is 19.1. The first-order chi connectivity index (χ1) is 16.5. The summed E-state index contributed by atoms with van der Waals surface area (Å²) in [6, 6.07) is 16.9. The second-order valence-corrected chi connectivity index (χ2v) is 8.33. The third-order valence-corrected chi connectivity index (χ3v) is 6.17. The SMILES string of the molecule is N#Cc1ccc(Cn2cncc2CN[C@@H]2CCN(c3cccc4ccc(O)cc34)C2=O)cc1F. The Labute approximate surface area is 195 Å². The number of fused-ring (bicyclic) bond motifs is 1. The van der Waals surface area contributed by atoms with Crippen molar-refractivity contribution in [1.82, 2.24) is 14.9 Å². The number of imidazole rings is 1. The molecule has 0 radical (unpaired) electrons. The monoisotopic (exact) mass is 455 g/mol. The second kappa shape index (κ2) is 8.96. The molecule has 1 amide bonds. The van der Waals surface area contributed by atoms with Crippen LogP contribution in [0.3, 0.4) is 0 Å². The molecular weight excluding hydrogens is 433 g/mol. The van der Waals surface area contributed by atoms with Gasteiger partial charge in [-0.15, -0.1) is 0 Å². The van der Waals surface area contributed by atoms with E-state index in [9.17, 15) is 14.3 Å². The van der Waals surface area contributed by atoms with Crippen LogP contribution in [0, 0.1) is 17.1 Å². The van der Waals surface area contributed by atoms with Crippen LogP contribution in [0.4, 0.5) is 10.1 Å². The van der Waals surface area contributed by atoms with Crippen molar-refractivity contribution in [3.05, 3.63) is 89.8 Å². The van der Waals surface area contributed by atoms with Gasteiger partial charge in [0.1, 0.15) is 17.6 Å². The fourth-order valence-electron chi connectivity index (χ4n) is 4.40. The summed E-state index contributed by atoms with van der Waals surface area (Å²) in [7, 11) is 0. The number of carbonyl (C=O) groups is 1. The van der Waals surface area contributed by atoms with E-state index in [1.807, 2.05) is 34.9 Å². The lowest BCUT2D eigenvalue weighted by Gasteiger charge is -2.19. The number of nitrogens with zero attached hydrogens (tertiary/aromatic N) is 4. The maximum Gasteiger partial charge on any atom is 0.244 e. The Morgan fingerprint density at radius 2 is 2.09 bits per heavy atom.